The fourth-order valence-corrected chi connectivity index (χ4v) is 4.71. The van der Waals surface area contributed by atoms with Crippen LogP contribution in [0.4, 0.5) is 5.13 Å². The number of hydrogen-bond acceptors (Lipinski definition) is 5. The summed E-state index contributed by atoms with van der Waals surface area (Å²) in [5.74, 6) is -1.59. The molecule has 9 heteroatoms. The summed E-state index contributed by atoms with van der Waals surface area (Å²) < 4.78 is 28.3. The molecule has 1 saturated heterocycles. The quantitative estimate of drug-likeness (QED) is 0.850. The van der Waals surface area contributed by atoms with E-state index < -0.39 is 22.1 Å². The molecule has 118 valence electrons. The summed E-state index contributed by atoms with van der Waals surface area (Å²) in [6.07, 6.45) is 1.81. The molecule has 0 bridgehead atoms. The normalized spacial score (nSPS) is 20.4. The third-order valence-electron chi connectivity index (χ3n) is 3.52. The van der Waals surface area contributed by atoms with Gasteiger partial charge in [0.15, 0.2) is 5.13 Å². The number of nitrogens with one attached hydrogen (secondary N) is 1. The standard InChI is InChI=1S/C12H19N3O4S2/c1-3-10-8(2)20-12(13-10)14-21(18,19)15-6-4-5-9(7-15)11(16)17/h9H,3-7H2,1-2H3,(H,13,14)(H,16,17). The lowest BCUT2D eigenvalue weighted by Crippen LogP contribution is -2.44. The van der Waals surface area contributed by atoms with Crippen LogP contribution >= 0.6 is 11.3 Å². The first kappa shape index (κ1) is 16.2. The summed E-state index contributed by atoms with van der Waals surface area (Å²) in [5, 5.41) is 9.37. The van der Waals surface area contributed by atoms with Gasteiger partial charge in [-0.2, -0.15) is 12.7 Å². The van der Waals surface area contributed by atoms with Crippen LogP contribution in [0, 0.1) is 12.8 Å². The summed E-state index contributed by atoms with van der Waals surface area (Å²) >= 11 is 1.29. The molecule has 1 aliphatic heterocycles. The van der Waals surface area contributed by atoms with Gasteiger partial charge in [0.25, 0.3) is 0 Å². The van der Waals surface area contributed by atoms with Gasteiger partial charge in [-0.1, -0.05) is 6.92 Å². The number of aromatic nitrogens is 1. The number of thiazole rings is 1. The Morgan fingerprint density at radius 1 is 1.57 bits per heavy atom. The molecule has 7 nitrogen and oxygen atoms in total. The van der Waals surface area contributed by atoms with Crippen molar-refractivity contribution >= 4 is 32.6 Å². The van der Waals surface area contributed by atoms with Crippen molar-refractivity contribution < 1.29 is 18.3 Å². The molecule has 0 radical (unpaired) electrons. The maximum absolute atomic E-state index is 12.3. The zero-order valence-corrected chi connectivity index (χ0v) is 13.6. The number of carboxylic acids is 1. The van der Waals surface area contributed by atoms with Gasteiger partial charge in [0.1, 0.15) is 0 Å². The van der Waals surface area contributed by atoms with E-state index in [1.807, 2.05) is 13.8 Å². The van der Waals surface area contributed by atoms with Crippen molar-refractivity contribution in [3.8, 4) is 0 Å². The Kier molecular flexibility index (Phi) is 4.84. The predicted octanol–water partition coefficient (Wildman–Crippen LogP) is 1.47. The fourth-order valence-electron chi connectivity index (χ4n) is 2.34. The van der Waals surface area contributed by atoms with E-state index in [1.54, 1.807) is 0 Å². The molecule has 0 aromatic carbocycles. The van der Waals surface area contributed by atoms with Gasteiger partial charge in [0.05, 0.1) is 11.6 Å². The van der Waals surface area contributed by atoms with Gasteiger partial charge in [0.2, 0.25) is 0 Å². The summed E-state index contributed by atoms with van der Waals surface area (Å²) in [6, 6.07) is 0. The van der Waals surface area contributed by atoms with Crippen molar-refractivity contribution in [2.75, 3.05) is 17.8 Å². The Morgan fingerprint density at radius 2 is 2.29 bits per heavy atom. The highest BCUT2D eigenvalue weighted by molar-refractivity contribution is 7.90. The van der Waals surface area contributed by atoms with Gasteiger partial charge in [0, 0.05) is 18.0 Å². The van der Waals surface area contributed by atoms with E-state index in [-0.39, 0.29) is 6.54 Å². The first-order valence-corrected chi connectivity index (χ1v) is 9.06. The van der Waals surface area contributed by atoms with Gasteiger partial charge in [-0.3, -0.25) is 4.79 Å². The molecule has 2 heterocycles. The second-order valence-electron chi connectivity index (χ2n) is 5.02. The number of anilines is 1. The molecule has 0 amide bonds. The number of aryl methyl sites for hydroxylation is 2. The molecule has 0 spiro atoms. The van der Waals surface area contributed by atoms with Crippen LogP contribution in [0.15, 0.2) is 0 Å². The summed E-state index contributed by atoms with van der Waals surface area (Å²) in [6.45, 7) is 4.21. The van der Waals surface area contributed by atoms with E-state index in [0.29, 0.717) is 24.5 Å². The zero-order chi connectivity index (χ0) is 15.6. The van der Waals surface area contributed by atoms with Crippen molar-refractivity contribution in [1.82, 2.24) is 9.29 Å². The SMILES string of the molecule is CCc1nc(NS(=O)(=O)N2CCCC(C(=O)O)C2)sc1C. The first-order chi connectivity index (χ1) is 9.83. The zero-order valence-electron chi connectivity index (χ0n) is 12.0. The van der Waals surface area contributed by atoms with E-state index in [1.165, 1.54) is 15.6 Å². The predicted molar refractivity (Wildman–Crippen MR) is 80.7 cm³/mol. The van der Waals surface area contributed by atoms with Crippen LogP contribution in [0.3, 0.4) is 0 Å². The van der Waals surface area contributed by atoms with Crippen LogP contribution in [0.2, 0.25) is 0 Å². The highest BCUT2D eigenvalue weighted by Gasteiger charge is 2.32. The highest BCUT2D eigenvalue weighted by Crippen LogP contribution is 2.25. The van der Waals surface area contributed by atoms with Crippen molar-refractivity contribution in [3.63, 3.8) is 0 Å². The van der Waals surface area contributed by atoms with Gasteiger partial charge in [-0.15, -0.1) is 11.3 Å². The third kappa shape index (κ3) is 3.72. The number of carboxylic acid groups (broad SMARTS) is 1. The van der Waals surface area contributed by atoms with Crippen LogP contribution < -0.4 is 4.72 Å². The third-order valence-corrected chi connectivity index (χ3v) is 6.04. The van der Waals surface area contributed by atoms with Crippen LogP contribution in [-0.4, -0.2) is 41.9 Å². The Morgan fingerprint density at radius 3 is 2.86 bits per heavy atom. The van der Waals surface area contributed by atoms with E-state index in [9.17, 15) is 13.2 Å². The molecular weight excluding hydrogens is 314 g/mol. The Bertz CT molecular complexity index is 626. The van der Waals surface area contributed by atoms with Gasteiger partial charge in [-0.25, -0.2) is 9.71 Å². The average molecular weight is 333 g/mol. The molecule has 0 aliphatic carbocycles. The molecule has 21 heavy (non-hydrogen) atoms. The van der Waals surface area contributed by atoms with Gasteiger partial charge < -0.3 is 5.11 Å². The first-order valence-electron chi connectivity index (χ1n) is 6.80. The van der Waals surface area contributed by atoms with Gasteiger partial charge >= 0.3 is 16.2 Å². The monoisotopic (exact) mass is 333 g/mol. The minimum atomic E-state index is -3.75. The molecule has 1 aromatic rings. The number of piperidine rings is 1. The van der Waals surface area contributed by atoms with E-state index in [2.05, 4.69) is 9.71 Å². The number of rotatable bonds is 5. The molecule has 1 aliphatic rings. The van der Waals surface area contributed by atoms with Crippen LogP contribution in [0.5, 0.6) is 0 Å². The maximum Gasteiger partial charge on any atom is 0.307 e. The highest BCUT2D eigenvalue weighted by atomic mass is 32.2. The Labute approximate surface area is 128 Å². The number of aliphatic carboxylic acids is 1. The number of nitrogens with zero attached hydrogens (tertiary/aromatic N) is 2. The topological polar surface area (TPSA) is 99.6 Å². The van der Waals surface area contributed by atoms with E-state index >= 15 is 0 Å². The number of hydrogen-bond donors (Lipinski definition) is 2. The maximum atomic E-state index is 12.3. The van der Waals surface area contributed by atoms with E-state index in [4.69, 9.17) is 5.11 Å². The lowest BCUT2D eigenvalue weighted by molar-refractivity contribution is -0.142. The fraction of sp³-hybridized carbons (Fsp3) is 0.667. The van der Waals surface area contributed by atoms with Crippen LogP contribution in [-0.2, 0) is 21.4 Å². The molecule has 1 unspecified atom stereocenters. The minimum absolute atomic E-state index is 0.00958. The lowest BCUT2D eigenvalue weighted by atomic mass is 10.0. The van der Waals surface area contributed by atoms with E-state index in [0.717, 1.165) is 17.0 Å². The summed E-state index contributed by atoms with van der Waals surface area (Å²) in [5.41, 5.74) is 0.875. The van der Waals surface area contributed by atoms with Gasteiger partial charge in [-0.05, 0) is 26.2 Å². The molecule has 1 fully saturated rings. The second-order valence-corrected chi connectivity index (χ2v) is 7.89. The average Bonchev–Trinajstić information content (AvgIpc) is 2.78. The van der Waals surface area contributed by atoms with Crippen molar-refractivity contribution in [2.24, 2.45) is 5.92 Å². The van der Waals surface area contributed by atoms with Crippen LogP contribution in [0.1, 0.15) is 30.3 Å². The lowest BCUT2D eigenvalue weighted by Gasteiger charge is -2.29. The van der Waals surface area contributed by atoms with Crippen molar-refractivity contribution in [1.29, 1.82) is 0 Å². The van der Waals surface area contributed by atoms with Crippen molar-refractivity contribution in [3.05, 3.63) is 10.6 Å². The Balaban J connectivity index is 2.12. The largest absolute Gasteiger partial charge is 0.481 e. The van der Waals surface area contributed by atoms with Crippen molar-refractivity contribution in [2.45, 2.75) is 33.1 Å². The number of carbonyl (C=O) groups is 1. The molecular formula is C12H19N3O4S2. The molecule has 1 aromatic heterocycles. The molecule has 2 rings (SSSR count). The molecule has 0 saturated carbocycles. The Hall–Kier alpha value is -1.19. The minimum Gasteiger partial charge on any atom is -0.481 e. The molecule has 2 N–H and O–H groups in total. The summed E-state index contributed by atoms with van der Waals surface area (Å²) in [4.78, 5) is 16.3. The summed E-state index contributed by atoms with van der Waals surface area (Å²) in [7, 11) is -3.75. The second kappa shape index (κ2) is 6.29. The van der Waals surface area contributed by atoms with Crippen LogP contribution in [0.25, 0.3) is 0 Å². The molecule has 1 atom stereocenters. The smallest absolute Gasteiger partial charge is 0.307 e.